The van der Waals surface area contributed by atoms with Crippen LogP contribution < -0.4 is 5.32 Å². The van der Waals surface area contributed by atoms with Gasteiger partial charge >= 0.3 is 0 Å². The molecule has 0 saturated carbocycles. The van der Waals surface area contributed by atoms with Crippen molar-refractivity contribution in [3.63, 3.8) is 0 Å². The highest BCUT2D eigenvalue weighted by Gasteiger charge is 2.21. The summed E-state index contributed by atoms with van der Waals surface area (Å²) in [6, 6.07) is 27.4. The number of hydrogen-bond acceptors (Lipinski definition) is 2. The Balaban J connectivity index is 1.75. The van der Waals surface area contributed by atoms with Gasteiger partial charge in [-0.25, -0.2) is 0 Å². The minimum atomic E-state index is -0.217. The molecule has 0 radical (unpaired) electrons. The van der Waals surface area contributed by atoms with Crippen LogP contribution in [0.1, 0.15) is 24.1 Å². The van der Waals surface area contributed by atoms with Crippen LogP contribution in [0.4, 0.5) is 0 Å². The van der Waals surface area contributed by atoms with Crippen molar-refractivity contribution < 1.29 is 4.79 Å². The van der Waals surface area contributed by atoms with E-state index in [-0.39, 0.29) is 17.2 Å². The molecule has 0 saturated heterocycles. The van der Waals surface area contributed by atoms with Crippen LogP contribution in [0.3, 0.4) is 0 Å². The van der Waals surface area contributed by atoms with Crippen molar-refractivity contribution in [3.8, 4) is 0 Å². The molecule has 4 heteroatoms. The lowest BCUT2D eigenvalue weighted by Crippen LogP contribution is -2.34. The van der Waals surface area contributed by atoms with Crippen LogP contribution >= 0.6 is 23.4 Å². The maximum Gasteiger partial charge on any atom is 0.233 e. The molecular weight excluding hydrogens is 362 g/mol. The standard InChI is InChI=1S/C22H20ClNOS/c1-16(26-20-14-12-19(23)13-15-20)22(25)24-21(17-8-4-2-5-9-17)18-10-6-3-7-11-18/h2-16,21H,1H3,(H,24,25)/t16-/m1/s1. The Hall–Kier alpha value is -2.23. The third-order valence-electron chi connectivity index (χ3n) is 4.05. The first-order valence-electron chi connectivity index (χ1n) is 8.46. The Kier molecular flexibility index (Phi) is 6.37. The number of benzene rings is 3. The van der Waals surface area contributed by atoms with Crippen LogP contribution in [0.2, 0.25) is 5.02 Å². The molecule has 0 bridgehead atoms. The van der Waals surface area contributed by atoms with Crippen LogP contribution in [-0.4, -0.2) is 11.2 Å². The summed E-state index contributed by atoms with van der Waals surface area (Å²) in [5.74, 6) is 0.00246. The van der Waals surface area contributed by atoms with Gasteiger partial charge in [-0.15, -0.1) is 11.8 Å². The molecule has 3 aromatic rings. The van der Waals surface area contributed by atoms with E-state index in [1.165, 1.54) is 11.8 Å². The number of carbonyl (C=O) groups is 1. The monoisotopic (exact) mass is 381 g/mol. The number of amides is 1. The fraction of sp³-hybridized carbons (Fsp3) is 0.136. The van der Waals surface area contributed by atoms with Crippen molar-refractivity contribution in [2.45, 2.75) is 23.1 Å². The maximum atomic E-state index is 12.8. The Labute approximate surface area is 163 Å². The van der Waals surface area contributed by atoms with E-state index < -0.39 is 0 Å². The quantitative estimate of drug-likeness (QED) is 0.552. The van der Waals surface area contributed by atoms with Crippen LogP contribution in [0.25, 0.3) is 0 Å². The largest absolute Gasteiger partial charge is 0.344 e. The van der Waals surface area contributed by atoms with Gasteiger partial charge in [0.05, 0.1) is 11.3 Å². The summed E-state index contributed by atoms with van der Waals surface area (Å²) < 4.78 is 0. The number of thioether (sulfide) groups is 1. The predicted octanol–water partition coefficient (Wildman–Crippen LogP) is 5.73. The van der Waals surface area contributed by atoms with Crippen LogP contribution in [0, 0.1) is 0 Å². The van der Waals surface area contributed by atoms with E-state index in [4.69, 9.17) is 11.6 Å². The molecule has 132 valence electrons. The van der Waals surface area contributed by atoms with Gasteiger partial charge in [0.15, 0.2) is 0 Å². The maximum absolute atomic E-state index is 12.8. The van der Waals surface area contributed by atoms with Gasteiger partial charge in [-0.1, -0.05) is 72.3 Å². The number of halogens is 1. The van der Waals surface area contributed by atoms with Crippen LogP contribution in [0.15, 0.2) is 89.8 Å². The molecule has 0 aliphatic heterocycles. The fourth-order valence-corrected chi connectivity index (χ4v) is 3.68. The molecular formula is C22H20ClNOS. The zero-order chi connectivity index (χ0) is 18.4. The van der Waals surface area contributed by atoms with Crippen molar-refractivity contribution in [2.24, 2.45) is 0 Å². The second-order valence-electron chi connectivity index (χ2n) is 5.98. The Morgan fingerprint density at radius 1 is 0.846 bits per heavy atom. The summed E-state index contributed by atoms with van der Waals surface area (Å²) in [6.45, 7) is 1.92. The molecule has 3 rings (SSSR count). The van der Waals surface area contributed by atoms with Gasteiger partial charge in [0.2, 0.25) is 5.91 Å². The SMILES string of the molecule is C[C@@H](Sc1ccc(Cl)cc1)C(=O)NC(c1ccccc1)c1ccccc1. The predicted molar refractivity (Wildman–Crippen MR) is 110 cm³/mol. The van der Waals surface area contributed by atoms with E-state index in [2.05, 4.69) is 5.32 Å². The van der Waals surface area contributed by atoms with Gasteiger partial charge in [0, 0.05) is 9.92 Å². The highest BCUT2D eigenvalue weighted by Crippen LogP contribution is 2.27. The lowest BCUT2D eigenvalue weighted by Gasteiger charge is -2.22. The molecule has 0 unspecified atom stereocenters. The molecule has 0 fully saturated rings. The molecule has 1 amide bonds. The van der Waals surface area contributed by atoms with E-state index in [0.29, 0.717) is 5.02 Å². The van der Waals surface area contributed by atoms with E-state index in [1.807, 2.05) is 91.9 Å². The number of hydrogen-bond donors (Lipinski definition) is 1. The summed E-state index contributed by atoms with van der Waals surface area (Å²) in [5, 5.41) is 3.67. The molecule has 0 spiro atoms. The highest BCUT2D eigenvalue weighted by molar-refractivity contribution is 8.00. The molecule has 1 N–H and O–H groups in total. The lowest BCUT2D eigenvalue weighted by atomic mass is 9.98. The van der Waals surface area contributed by atoms with Crippen molar-refractivity contribution in [3.05, 3.63) is 101 Å². The zero-order valence-electron chi connectivity index (χ0n) is 14.4. The molecule has 0 aliphatic rings. The molecule has 0 aromatic heterocycles. The van der Waals surface area contributed by atoms with Crippen LogP contribution in [0.5, 0.6) is 0 Å². The van der Waals surface area contributed by atoms with Gasteiger partial charge in [-0.05, 0) is 42.3 Å². The number of carbonyl (C=O) groups excluding carboxylic acids is 1. The number of rotatable bonds is 6. The average molecular weight is 382 g/mol. The van der Waals surface area contributed by atoms with E-state index in [9.17, 15) is 4.79 Å². The van der Waals surface area contributed by atoms with Crippen molar-refractivity contribution in [1.29, 1.82) is 0 Å². The first-order chi connectivity index (χ1) is 12.6. The minimum absolute atomic E-state index is 0.00246. The van der Waals surface area contributed by atoms with E-state index >= 15 is 0 Å². The minimum Gasteiger partial charge on any atom is -0.344 e. The smallest absolute Gasteiger partial charge is 0.233 e. The van der Waals surface area contributed by atoms with Gasteiger partial charge in [-0.2, -0.15) is 0 Å². The molecule has 26 heavy (non-hydrogen) atoms. The highest BCUT2D eigenvalue weighted by atomic mass is 35.5. The van der Waals surface area contributed by atoms with Gasteiger partial charge < -0.3 is 5.32 Å². The molecule has 0 heterocycles. The normalized spacial score (nSPS) is 12.0. The third-order valence-corrected chi connectivity index (χ3v) is 5.41. The van der Waals surface area contributed by atoms with Crippen LogP contribution in [-0.2, 0) is 4.79 Å². The Morgan fingerprint density at radius 3 is 1.85 bits per heavy atom. The van der Waals surface area contributed by atoms with Crippen molar-refractivity contribution in [2.75, 3.05) is 0 Å². The second kappa shape index (κ2) is 8.93. The zero-order valence-corrected chi connectivity index (χ0v) is 16.0. The summed E-state index contributed by atoms with van der Waals surface area (Å²) in [4.78, 5) is 13.8. The van der Waals surface area contributed by atoms with Gasteiger partial charge in [0.1, 0.15) is 0 Å². The third kappa shape index (κ3) is 4.90. The number of nitrogens with one attached hydrogen (secondary N) is 1. The lowest BCUT2D eigenvalue weighted by molar-refractivity contribution is -0.120. The summed E-state index contributed by atoms with van der Waals surface area (Å²) in [5.41, 5.74) is 2.13. The van der Waals surface area contributed by atoms with Crippen molar-refractivity contribution in [1.82, 2.24) is 5.32 Å². The average Bonchev–Trinajstić information content (AvgIpc) is 2.69. The van der Waals surface area contributed by atoms with Gasteiger partial charge in [-0.3, -0.25) is 4.79 Å². The summed E-state index contributed by atoms with van der Waals surface area (Å²) in [7, 11) is 0. The van der Waals surface area contributed by atoms with E-state index in [1.54, 1.807) is 0 Å². The Bertz CT molecular complexity index is 798. The van der Waals surface area contributed by atoms with Gasteiger partial charge in [0.25, 0.3) is 0 Å². The Morgan fingerprint density at radius 2 is 1.35 bits per heavy atom. The molecule has 2 nitrogen and oxygen atoms in total. The first-order valence-corrected chi connectivity index (χ1v) is 9.72. The second-order valence-corrected chi connectivity index (χ2v) is 7.83. The first kappa shape index (κ1) is 18.6. The molecule has 1 atom stereocenters. The molecule has 3 aromatic carbocycles. The topological polar surface area (TPSA) is 29.1 Å². The summed E-state index contributed by atoms with van der Waals surface area (Å²) in [6.07, 6.45) is 0. The van der Waals surface area contributed by atoms with Crippen molar-refractivity contribution >= 4 is 29.3 Å². The fourth-order valence-electron chi connectivity index (χ4n) is 2.68. The summed E-state index contributed by atoms with van der Waals surface area (Å²) >= 11 is 7.45. The van der Waals surface area contributed by atoms with E-state index in [0.717, 1.165) is 16.0 Å². The molecule has 0 aliphatic carbocycles.